The number of ether oxygens (including phenoxy) is 11. The second-order valence-corrected chi connectivity index (χ2v) is 31.1. The van der Waals surface area contributed by atoms with Crippen molar-refractivity contribution < 1.29 is 81.5 Å². The molecule has 6 aliphatic rings. The van der Waals surface area contributed by atoms with Gasteiger partial charge in [0.2, 0.25) is 0 Å². The van der Waals surface area contributed by atoms with Crippen molar-refractivity contribution in [3.8, 4) is 45.3 Å². The maximum absolute atomic E-state index is 12.8. The van der Waals surface area contributed by atoms with Crippen LogP contribution in [0, 0.1) is 0 Å². The lowest BCUT2D eigenvalue weighted by Gasteiger charge is -2.39. The van der Waals surface area contributed by atoms with Gasteiger partial charge in [-0.05, 0) is 116 Å². The highest BCUT2D eigenvalue weighted by Crippen LogP contribution is 2.60. The molecule has 0 aromatic heterocycles. The molecule has 2 saturated heterocycles. The lowest BCUT2D eigenvalue weighted by atomic mass is 9.77. The van der Waals surface area contributed by atoms with Crippen molar-refractivity contribution in [1.29, 1.82) is 0 Å². The van der Waals surface area contributed by atoms with Crippen molar-refractivity contribution in [1.82, 2.24) is 0 Å². The standard InChI is InChI=1S/C96H96N2O17/c1-93(2)81-19-11-9-17-77(81)87-73-13-5-7-15-75(73)91-79(89(87)93)41-45-95(114-91,63-21-29-67(30-22-63)97-47-53-107-54-48-97)65-25-33-69(34-26-65)112-71(61-110-85(103)39-37-83(99)100)43-51-105-57-59-109-60-58-106-52-44-72(62-111-86(104)40-38-84(101)102)113-70-35-27-66(28-36-70)96(64-23-31-68(32-24-64)98-49-55-108-56-50-98)46-42-80-90-88(74-14-6-8-16-76(74)92(80)115-96)78-18-10-12-20-82(78)94(90,3)4/h5-36,41-42,45-46,71-72H,37-40,43-44,47-62H2,1-4H3,(H,99,100)(H,101,102). The maximum Gasteiger partial charge on any atom is 0.306 e. The Morgan fingerprint density at radius 2 is 0.748 bits per heavy atom. The van der Waals surface area contributed by atoms with Crippen LogP contribution in [-0.4, -0.2) is 152 Å². The number of carboxylic acids is 2. The number of benzene rings is 10. The summed E-state index contributed by atoms with van der Waals surface area (Å²) in [6.07, 6.45) is 6.86. The molecule has 19 heteroatoms. The van der Waals surface area contributed by atoms with E-state index in [1.807, 2.05) is 48.5 Å². The normalized spacial score (nSPS) is 18.4. The van der Waals surface area contributed by atoms with Crippen molar-refractivity contribution in [3.63, 3.8) is 0 Å². The number of anilines is 2. The molecule has 0 saturated carbocycles. The molecule has 10 aromatic rings. The summed E-state index contributed by atoms with van der Waals surface area (Å²) in [4.78, 5) is 53.2. The molecule has 592 valence electrons. The van der Waals surface area contributed by atoms with Crippen molar-refractivity contribution in [2.24, 2.45) is 0 Å². The molecule has 10 aromatic carbocycles. The number of carboxylic acid groups (broad SMARTS) is 2. The minimum absolute atomic E-state index is 0.146. The zero-order chi connectivity index (χ0) is 79.3. The number of carbonyl (C=O) groups is 4. The van der Waals surface area contributed by atoms with E-state index in [0.717, 1.165) is 104 Å². The van der Waals surface area contributed by atoms with Crippen molar-refractivity contribution >= 4 is 68.9 Å². The van der Waals surface area contributed by atoms with E-state index in [1.54, 1.807) is 0 Å². The van der Waals surface area contributed by atoms with Crippen LogP contribution in [0.2, 0.25) is 0 Å². The summed E-state index contributed by atoms with van der Waals surface area (Å²) in [7, 11) is 0. The summed E-state index contributed by atoms with van der Waals surface area (Å²) in [6.45, 7) is 16.2. The lowest BCUT2D eigenvalue weighted by molar-refractivity contribution is -0.149. The molecule has 19 nitrogen and oxygen atoms in total. The van der Waals surface area contributed by atoms with Crippen LogP contribution in [0.5, 0.6) is 23.0 Å². The average molecular weight is 1550 g/mol. The fourth-order valence-electron chi connectivity index (χ4n) is 17.4. The number of rotatable bonds is 32. The van der Waals surface area contributed by atoms with Gasteiger partial charge in [-0.2, -0.15) is 0 Å². The molecule has 2 aliphatic carbocycles. The highest BCUT2D eigenvalue weighted by atomic mass is 16.6. The molecular formula is C96H96N2O17. The molecule has 0 bridgehead atoms. The van der Waals surface area contributed by atoms with Crippen LogP contribution >= 0.6 is 0 Å². The van der Waals surface area contributed by atoms with Crippen LogP contribution in [0.4, 0.5) is 11.4 Å². The largest absolute Gasteiger partial charge is 0.487 e. The number of carbonyl (C=O) groups excluding carboxylic acids is 2. The van der Waals surface area contributed by atoms with Gasteiger partial charge in [-0.25, -0.2) is 0 Å². The zero-order valence-electron chi connectivity index (χ0n) is 65.4. The molecular weight excluding hydrogens is 1450 g/mol. The topological polar surface area (TPSA) is 217 Å². The lowest BCUT2D eigenvalue weighted by Crippen LogP contribution is -2.37. The van der Waals surface area contributed by atoms with E-state index in [2.05, 4.69) is 207 Å². The first kappa shape index (κ1) is 77.6. The zero-order valence-corrected chi connectivity index (χ0v) is 65.4. The summed E-state index contributed by atoms with van der Waals surface area (Å²) in [5.74, 6) is -0.864. The van der Waals surface area contributed by atoms with Gasteiger partial charge in [0.1, 0.15) is 48.4 Å². The molecule has 0 radical (unpaired) electrons. The quantitative estimate of drug-likeness (QED) is 0.0296. The molecule has 2 fully saturated rings. The third kappa shape index (κ3) is 15.8. The highest BCUT2D eigenvalue weighted by Gasteiger charge is 2.47. The number of nitrogens with zero attached hydrogens (tertiary/aromatic N) is 2. The summed E-state index contributed by atoms with van der Waals surface area (Å²) >= 11 is 0. The Morgan fingerprint density at radius 3 is 1.12 bits per heavy atom. The Morgan fingerprint density at radius 1 is 0.409 bits per heavy atom. The van der Waals surface area contributed by atoms with Crippen LogP contribution < -0.4 is 28.7 Å². The van der Waals surface area contributed by atoms with E-state index in [1.165, 1.54) is 44.5 Å². The monoisotopic (exact) mass is 1550 g/mol. The first-order valence-corrected chi connectivity index (χ1v) is 40.0. The van der Waals surface area contributed by atoms with Crippen LogP contribution in [0.15, 0.2) is 206 Å². The van der Waals surface area contributed by atoms with Gasteiger partial charge in [0, 0.05) is 105 Å². The molecule has 2 N–H and O–H groups in total. The summed E-state index contributed by atoms with van der Waals surface area (Å²) in [5, 5.41) is 22.9. The van der Waals surface area contributed by atoms with Gasteiger partial charge in [0.05, 0.1) is 91.8 Å². The van der Waals surface area contributed by atoms with Crippen LogP contribution in [0.3, 0.4) is 0 Å². The van der Waals surface area contributed by atoms with Crippen LogP contribution in [0.1, 0.15) is 122 Å². The van der Waals surface area contributed by atoms with Crippen molar-refractivity contribution in [2.75, 3.05) is 115 Å². The maximum atomic E-state index is 12.8. The molecule has 4 heterocycles. The van der Waals surface area contributed by atoms with E-state index in [4.69, 9.17) is 52.1 Å². The Kier molecular flexibility index (Phi) is 22.7. The second kappa shape index (κ2) is 33.6. The van der Waals surface area contributed by atoms with Gasteiger partial charge in [-0.1, -0.05) is 185 Å². The smallest absolute Gasteiger partial charge is 0.306 e. The van der Waals surface area contributed by atoms with Gasteiger partial charge < -0.3 is 72.1 Å². The van der Waals surface area contributed by atoms with Gasteiger partial charge in [-0.15, -0.1) is 0 Å². The second-order valence-electron chi connectivity index (χ2n) is 31.1. The average Bonchev–Trinajstić information content (AvgIpc) is 1.58. The number of esters is 2. The minimum Gasteiger partial charge on any atom is -0.487 e. The predicted molar refractivity (Wildman–Crippen MR) is 442 cm³/mol. The fraction of sp³-hybridized carbons (Fsp3) is 0.333. The minimum atomic E-state index is -1.10. The number of hydrogen-bond donors (Lipinski definition) is 2. The fourth-order valence-corrected chi connectivity index (χ4v) is 17.4. The Hall–Kier alpha value is -11.3. The molecule has 0 spiro atoms. The number of fused-ring (bicyclic) bond motifs is 16. The summed E-state index contributed by atoms with van der Waals surface area (Å²) in [6, 6.07) is 67.3. The molecule has 0 amide bonds. The molecule has 4 unspecified atom stereocenters. The summed E-state index contributed by atoms with van der Waals surface area (Å²) < 4.78 is 69.1. The Labute approximate surface area is 669 Å². The Balaban J connectivity index is 0.563. The van der Waals surface area contributed by atoms with E-state index < -0.39 is 47.3 Å². The predicted octanol–water partition coefficient (Wildman–Crippen LogP) is 16.8. The van der Waals surface area contributed by atoms with E-state index >= 15 is 0 Å². The van der Waals surface area contributed by atoms with E-state index in [0.29, 0.717) is 50.8 Å². The number of hydrogen-bond acceptors (Lipinski definition) is 17. The Bertz CT molecular complexity index is 4970. The van der Waals surface area contributed by atoms with Gasteiger partial charge in [-0.3, -0.25) is 19.2 Å². The SMILES string of the molecule is CC1(C)c2ccccc2-c2c1c1c(c3ccccc23)OC(c2ccc(OC(CCOCCOCCOCCC(COC(=O)CCC(=O)O)Oc3ccc(C4(c5ccc(N6CCOCC6)cc5)C=Cc5c6c(c7ccccc7c5O4)-c4ccccc4C6(C)C)cc3)COC(=O)CCC(=O)O)cc2)(c2ccc(N3CCOCC3)cc2)C=C1. The van der Waals surface area contributed by atoms with Crippen LogP contribution in [0.25, 0.3) is 56.0 Å². The van der Waals surface area contributed by atoms with Gasteiger partial charge in [0.15, 0.2) is 11.2 Å². The summed E-state index contributed by atoms with van der Waals surface area (Å²) in [5.41, 5.74) is 15.1. The van der Waals surface area contributed by atoms with E-state index in [9.17, 15) is 29.4 Å². The molecule has 4 atom stereocenters. The third-order valence-corrected chi connectivity index (χ3v) is 23.3. The van der Waals surface area contributed by atoms with Gasteiger partial charge >= 0.3 is 23.9 Å². The molecule has 4 aliphatic heterocycles. The molecule has 16 rings (SSSR count). The number of aliphatic carboxylic acids is 2. The highest BCUT2D eigenvalue weighted by molar-refractivity contribution is 6.10. The van der Waals surface area contributed by atoms with Crippen LogP contribution in [-0.2, 0) is 74.4 Å². The van der Waals surface area contributed by atoms with Gasteiger partial charge in [0.25, 0.3) is 0 Å². The number of morpholine rings is 2. The first-order chi connectivity index (χ1) is 56.0. The third-order valence-electron chi connectivity index (χ3n) is 23.3. The van der Waals surface area contributed by atoms with Crippen molar-refractivity contribution in [2.45, 2.75) is 100 Å². The first-order valence-electron chi connectivity index (χ1n) is 40.0. The molecule has 115 heavy (non-hydrogen) atoms. The van der Waals surface area contributed by atoms with Crippen molar-refractivity contribution in [3.05, 3.63) is 262 Å². The van der Waals surface area contributed by atoms with E-state index in [-0.39, 0.29) is 89.4 Å².